The van der Waals surface area contributed by atoms with Crippen LogP contribution in [0.15, 0.2) is 11.6 Å². The first-order chi connectivity index (χ1) is 11.5. The number of alkyl halides is 1. The van der Waals surface area contributed by atoms with Gasteiger partial charge in [-0.05, 0) is 80.1 Å². The maximum absolute atomic E-state index is 14.0. The first-order valence-electron chi connectivity index (χ1n) is 9.47. The Kier molecular flexibility index (Phi) is 3.94. The quantitative estimate of drug-likeness (QED) is 0.843. The van der Waals surface area contributed by atoms with Crippen LogP contribution in [0.2, 0.25) is 0 Å². The van der Waals surface area contributed by atoms with E-state index >= 15 is 0 Å². The second kappa shape index (κ2) is 5.76. The average molecular weight is 334 g/mol. The van der Waals surface area contributed by atoms with Crippen LogP contribution >= 0.6 is 0 Å². The Morgan fingerprint density at radius 3 is 2.83 bits per heavy atom. The number of carbonyl (C=O) groups excluding carboxylic acids is 2. The first-order valence-corrected chi connectivity index (χ1v) is 9.47. The van der Waals surface area contributed by atoms with Crippen LogP contribution < -0.4 is 0 Å². The SMILES string of the molecule is C[C@]12CC[C@H]3[C@@H](CCC4=CC(=O)C(F)C[C@@H]43)[C@@H]1CC[C@@H]2C(=O)CO. The zero-order valence-electron chi connectivity index (χ0n) is 14.3. The van der Waals surface area contributed by atoms with Gasteiger partial charge in [0.1, 0.15) is 6.61 Å². The van der Waals surface area contributed by atoms with Gasteiger partial charge in [-0.25, -0.2) is 4.39 Å². The van der Waals surface area contributed by atoms with Crippen LogP contribution in [-0.2, 0) is 9.59 Å². The van der Waals surface area contributed by atoms with Crippen LogP contribution in [0.4, 0.5) is 4.39 Å². The van der Waals surface area contributed by atoms with Crippen LogP contribution in [0.25, 0.3) is 0 Å². The first kappa shape index (κ1) is 16.4. The summed E-state index contributed by atoms with van der Waals surface area (Å²) in [5.41, 5.74) is 1.18. The van der Waals surface area contributed by atoms with E-state index in [2.05, 4.69) is 6.92 Å². The van der Waals surface area contributed by atoms with Gasteiger partial charge in [-0.15, -0.1) is 0 Å². The molecule has 0 spiro atoms. The van der Waals surface area contributed by atoms with E-state index in [0.717, 1.165) is 38.5 Å². The average Bonchev–Trinajstić information content (AvgIpc) is 2.92. The third-order valence-corrected chi connectivity index (χ3v) is 7.89. The number of rotatable bonds is 2. The molecule has 0 radical (unpaired) electrons. The molecule has 3 saturated carbocycles. The minimum Gasteiger partial charge on any atom is -0.389 e. The van der Waals surface area contributed by atoms with E-state index in [-0.39, 0.29) is 35.4 Å². The van der Waals surface area contributed by atoms with E-state index in [1.165, 1.54) is 5.57 Å². The summed E-state index contributed by atoms with van der Waals surface area (Å²) in [4.78, 5) is 23.9. The van der Waals surface area contributed by atoms with Gasteiger partial charge in [-0.2, -0.15) is 0 Å². The molecule has 132 valence electrons. The fraction of sp³-hybridized carbons (Fsp3) is 0.800. The maximum atomic E-state index is 14.0. The van der Waals surface area contributed by atoms with Crippen molar-refractivity contribution >= 4 is 11.6 Å². The molecule has 0 bridgehead atoms. The molecule has 0 heterocycles. The molecule has 0 saturated heterocycles. The van der Waals surface area contributed by atoms with Crippen molar-refractivity contribution < 1.29 is 19.1 Å². The number of aliphatic hydroxyl groups excluding tert-OH is 1. The molecular formula is C20H27FO3. The molecule has 4 heteroatoms. The molecule has 3 fully saturated rings. The van der Waals surface area contributed by atoms with Crippen LogP contribution in [0.3, 0.4) is 0 Å². The fourth-order valence-corrected chi connectivity index (χ4v) is 6.78. The van der Waals surface area contributed by atoms with E-state index in [9.17, 15) is 19.1 Å². The largest absolute Gasteiger partial charge is 0.389 e. The van der Waals surface area contributed by atoms with Gasteiger partial charge >= 0.3 is 0 Å². The van der Waals surface area contributed by atoms with E-state index in [1.54, 1.807) is 6.08 Å². The van der Waals surface area contributed by atoms with Gasteiger partial charge in [0.05, 0.1) is 0 Å². The van der Waals surface area contributed by atoms with Gasteiger partial charge in [0, 0.05) is 5.92 Å². The van der Waals surface area contributed by atoms with E-state index in [4.69, 9.17) is 0 Å². The molecule has 1 unspecified atom stereocenters. The van der Waals surface area contributed by atoms with Crippen molar-refractivity contribution in [1.29, 1.82) is 0 Å². The lowest BCUT2D eigenvalue weighted by Crippen LogP contribution is -2.48. The van der Waals surface area contributed by atoms with Gasteiger partial charge < -0.3 is 5.11 Å². The lowest BCUT2D eigenvalue weighted by atomic mass is 9.51. The minimum absolute atomic E-state index is 0.00179. The highest BCUT2D eigenvalue weighted by Gasteiger charge is 2.57. The maximum Gasteiger partial charge on any atom is 0.189 e. The van der Waals surface area contributed by atoms with Crippen molar-refractivity contribution in [3.8, 4) is 0 Å². The summed E-state index contributed by atoms with van der Waals surface area (Å²) < 4.78 is 14.0. The normalized spacial score (nSPS) is 47.5. The number of fused-ring (bicyclic) bond motifs is 5. The number of aliphatic hydroxyl groups is 1. The van der Waals surface area contributed by atoms with Gasteiger partial charge in [0.15, 0.2) is 17.7 Å². The Hall–Kier alpha value is -1.03. The molecule has 0 aromatic heterocycles. The standard InChI is InChI=1S/C20H27FO3/c1-20-7-6-12-13(15(20)4-5-16(20)19(24)10-22)3-2-11-8-18(23)17(21)9-14(11)12/h8,12-17,22H,2-7,9-10H2,1H3/t12-,13+,14-,15-,16+,17?,20-/m0/s1. The van der Waals surface area contributed by atoms with Crippen LogP contribution in [0.5, 0.6) is 0 Å². The molecule has 3 nitrogen and oxygen atoms in total. The molecule has 4 rings (SSSR count). The molecule has 0 aromatic carbocycles. The molecule has 7 atom stereocenters. The van der Waals surface area contributed by atoms with E-state index in [1.807, 2.05) is 0 Å². The van der Waals surface area contributed by atoms with E-state index in [0.29, 0.717) is 24.2 Å². The van der Waals surface area contributed by atoms with Crippen molar-refractivity contribution in [3.63, 3.8) is 0 Å². The Bertz CT molecular complexity index is 598. The van der Waals surface area contributed by atoms with Crippen molar-refractivity contribution in [2.45, 2.75) is 58.0 Å². The molecular weight excluding hydrogens is 307 g/mol. The lowest BCUT2D eigenvalue weighted by molar-refractivity contribution is -0.132. The number of ketones is 2. The topological polar surface area (TPSA) is 54.4 Å². The zero-order valence-corrected chi connectivity index (χ0v) is 14.3. The number of carbonyl (C=O) groups is 2. The van der Waals surface area contributed by atoms with Crippen molar-refractivity contribution in [2.24, 2.45) is 35.0 Å². The molecule has 0 amide bonds. The van der Waals surface area contributed by atoms with Gasteiger partial charge in [-0.3, -0.25) is 9.59 Å². The smallest absolute Gasteiger partial charge is 0.189 e. The highest BCUT2D eigenvalue weighted by Crippen LogP contribution is 2.63. The third-order valence-electron chi connectivity index (χ3n) is 7.89. The number of hydrogen-bond donors (Lipinski definition) is 1. The fourth-order valence-electron chi connectivity index (χ4n) is 6.78. The third kappa shape index (κ3) is 2.25. The monoisotopic (exact) mass is 334 g/mol. The summed E-state index contributed by atoms with van der Waals surface area (Å²) in [5.74, 6) is 1.41. The summed E-state index contributed by atoms with van der Waals surface area (Å²) in [7, 11) is 0. The Morgan fingerprint density at radius 1 is 1.29 bits per heavy atom. The predicted octanol–water partition coefficient (Wildman–Crippen LogP) is 3.25. The molecule has 0 aromatic rings. The molecule has 24 heavy (non-hydrogen) atoms. The number of hydrogen-bond acceptors (Lipinski definition) is 3. The van der Waals surface area contributed by atoms with Gasteiger partial charge in [0.2, 0.25) is 0 Å². The van der Waals surface area contributed by atoms with Crippen LogP contribution in [-0.4, -0.2) is 29.5 Å². The van der Waals surface area contributed by atoms with Gasteiger partial charge in [-0.1, -0.05) is 12.5 Å². The zero-order chi connectivity index (χ0) is 17.1. The van der Waals surface area contributed by atoms with Crippen LogP contribution in [0, 0.1) is 35.0 Å². The van der Waals surface area contributed by atoms with Crippen molar-refractivity contribution in [1.82, 2.24) is 0 Å². The molecule has 1 N–H and O–H groups in total. The summed E-state index contributed by atoms with van der Waals surface area (Å²) in [6.45, 7) is 1.90. The lowest BCUT2D eigenvalue weighted by Gasteiger charge is -2.54. The van der Waals surface area contributed by atoms with Crippen molar-refractivity contribution in [2.75, 3.05) is 6.61 Å². The molecule has 0 aliphatic heterocycles. The van der Waals surface area contributed by atoms with Crippen molar-refractivity contribution in [3.05, 3.63) is 11.6 Å². The summed E-state index contributed by atoms with van der Waals surface area (Å²) in [6, 6.07) is 0. The van der Waals surface area contributed by atoms with Crippen LogP contribution in [0.1, 0.15) is 51.9 Å². The Balaban J connectivity index is 1.60. The summed E-state index contributed by atoms with van der Waals surface area (Å²) >= 11 is 0. The molecule has 4 aliphatic carbocycles. The molecule has 4 aliphatic rings. The predicted molar refractivity (Wildman–Crippen MR) is 88.0 cm³/mol. The van der Waals surface area contributed by atoms with E-state index < -0.39 is 6.17 Å². The summed E-state index contributed by atoms with van der Waals surface area (Å²) in [6.07, 6.45) is 6.58. The minimum atomic E-state index is -1.32. The Labute approximate surface area is 142 Å². The second-order valence-electron chi connectivity index (χ2n) is 8.70. The number of allylic oxidation sites excluding steroid dienone is 1. The highest BCUT2D eigenvalue weighted by molar-refractivity contribution is 5.95. The van der Waals surface area contributed by atoms with Gasteiger partial charge in [0.25, 0.3) is 0 Å². The second-order valence-corrected chi connectivity index (χ2v) is 8.70. The highest BCUT2D eigenvalue weighted by atomic mass is 19.1. The number of halogens is 1. The number of Topliss-reactive ketones (excluding diaryl/α,β-unsaturated/α-hetero) is 1. The Morgan fingerprint density at radius 2 is 2.08 bits per heavy atom. The summed E-state index contributed by atoms with van der Waals surface area (Å²) in [5, 5.41) is 9.31.